The number of nitrogens with zero attached hydrogens (tertiary/aromatic N) is 2. The van der Waals surface area contributed by atoms with E-state index in [0.717, 1.165) is 28.3 Å². The fraction of sp³-hybridized carbons (Fsp3) is 0.261. The molecule has 10 heteroatoms. The first-order chi connectivity index (χ1) is 15.6. The molecule has 0 bridgehead atoms. The van der Waals surface area contributed by atoms with Gasteiger partial charge >= 0.3 is 12.1 Å². The second-order valence-electron chi connectivity index (χ2n) is 7.48. The molecule has 2 aromatic heterocycles. The van der Waals surface area contributed by atoms with Crippen LogP contribution in [0.15, 0.2) is 40.8 Å². The maximum absolute atomic E-state index is 12.8. The van der Waals surface area contributed by atoms with Crippen LogP contribution in [0.3, 0.4) is 0 Å². The smallest absolute Gasteiger partial charge is 0.416 e. The molecule has 0 saturated heterocycles. The minimum Gasteiger partial charge on any atom is -0.488 e. The van der Waals surface area contributed by atoms with Gasteiger partial charge in [0.2, 0.25) is 0 Å². The third-order valence-electron chi connectivity index (χ3n) is 4.98. The lowest BCUT2D eigenvalue weighted by Crippen LogP contribution is -2.03. The van der Waals surface area contributed by atoms with E-state index in [1.807, 2.05) is 19.9 Å². The number of carbonyl (C=O) groups is 1. The van der Waals surface area contributed by atoms with Gasteiger partial charge in [0.25, 0.3) is 0 Å². The summed E-state index contributed by atoms with van der Waals surface area (Å²) in [5, 5.41) is 9.44. The Hall–Kier alpha value is -3.40. The maximum atomic E-state index is 12.8. The monoisotopic (exact) mass is 476 g/mol. The normalized spacial score (nSPS) is 11.8. The Labute approximate surface area is 190 Å². The van der Waals surface area contributed by atoms with Crippen LogP contribution in [0, 0.1) is 13.8 Å². The molecule has 0 radical (unpaired) electrons. The lowest BCUT2D eigenvalue weighted by molar-refractivity contribution is -0.138. The van der Waals surface area contributed by atoms with Gasteiger partial charge in [-0.25, -0.2) is 9.97 Å². The van der Waals surface area contributed by atoms with Crippen molar-refractivity contribution in [2.75, 3.05) is 0 Å². The minimum absolute atomic E-state index is 0.0683. The molecule has 0 amide bonds. The number of ether oxygens (including phenoxy) is 1. The molecule has 4 rings (SSSR count). The van der Waals surface area contributed by atoms with Crippen LogP contribution in [-0.4, -0.2) is 21.0 Å². The van der Waals surface area contributed by atoms with Crippen LogP contribution in [-0.2, 0) is 24.0 Å². The molecule has 33 heavy (non-hydrogen) atoms. The van der Waals surface area contributed by atoms with Crippen LogP contribution in [0.2, 0.25) is 0 Å². The number of alkyl halides is 3. The molecule has 0 atom stereocenters. The lowest BCUT2D eigenvalue weighted by atomic mass is 10.1. The summed E-state index contributed by atoms with van der Waals surface area (Å²) in [6, 6.07) is 8.43. The zero-order valence-corrected chi connectivity index (χ0v) is 18.5. The minimum atomic E-state index is -4.38. The molecule has 172 valence electrons. The van der Waals surface area contributed by atoms with Crippen LogP contribution in [0.4, 0.5) is 13.2 Å². The molecule has 0 unspecified atom stereocenters. The number of fused-ring (bicyclic) bond motifs is 1. The quantitative estimate of drug-likeness (QED) is 0.343. The van der Waals surface area contributed by atoms with Crippen molar-refractivity contribution < 1.29 is 32.2 Å². The zero-order chi connectivity index (χ0) is 23.8. The molecular weight excluding hydrogens is 457 g/mol. The van der Waals surface area contributed by atoms with E-state index in [4.69, 9.17) is 14.3 Å². The highest BCUT2D eigenvalue weighted by Crippen LogP contribution is 2.34. The van der Waals surface area contributed by atoms with E-state index in [9.17, 15) is 18.0 Å². The second kappa shape index (κ2) is 8.86. The van der Waals surface area contributed by atoms with E-state index in [0.29, 0.717) is 33.3 Å². The third-order valence-corrected chi connectivity index (χ3v) is 6.16. The number of carboxylic acid groups (broad SMARTS) is 1. The van der Waals surface area contributed by atoms with Crippen molar-refractivity contribution in [2.24, 2.45) is 0 Å². The molecule has 0 aliphatic carbocycles. The van der Waals surface area contributed by atoms with E-state index in [1.165, 1.54) is 23.5 Å². The zero-order valence-electron chi connectivity index (χ0n) is 17.7. The third kappa shape index (κ3) is 5.16. The summed E-state index contributed by atoms with van der Waals surface area (Å²) in [5.74, 6) is -0.00876. The summed E-state index contributed by atoms with van der Waals surface area (Å²) >= 11 is 1.36. The Bertz CT molecular complexity index is 1310. The van der Waals surface area contributed by atoms with Crippen LogP contribution in [0.5, 0.6) is 5.75 Å². The largest absolute Gasteiger partial charge is 0.488 e. The van der Waals surface area contributed by atoms with Crippen molar-refractivity contribution in [2.45, 2.75) is 39.5 Å². The summed E-state index contributed by atoms with van der Waals surface area (Å²) in [6.07, 6.45) is -4.25. The number of rotatable bonds is 7. The topological polar surface area (TPSA) is 85.5 Å². The first kappa shape index (κ1) is 22.8. The number of hydrogen-bond donors (Lipinski definition) is 1. The average Bonchev–Trinajstić information content (AvgIpc) is 3.33. The molecule has 0 fully saturated rings. The fourth-order valence-electron chi connectivity index (χ4n) is 3.25. The van der Waals surface area contributed by atoms with Crippen LogP contribution >= 0.6 is 11.3 Å². The van der Waals surface area contributed by atoms with Crippen molar-refractivity contribution in [1.29, 1.82) is 0 Å². The predicted octanol–water partition coefficient (Wildman–Crippen LogP) is 6.18. The van der Waals surface area contributed by atoms with Crippen molar-refractivity contribution >= 4 is 28.4 Å². The summed E-state index contributed by atoms with van der Waals surface area (Å²) in [6.45, 7) is 3.91. The molecule has 0 aliphatic rings. The van der Waals surface area contributed by atoms with Gasteiger partial charge in [-0.3, -0.25) is 4.79 Å². The van der Waals surface area contributed by atoms with E-state index in [1.54, 1.807) is 6.07 Å². The maximum Gasteiger partial charge on any atom is 0.416 e. The standard InChI is InChI=1S/C23H19F3N2O4S/c1-12-9-16(10-17-21(12)28-19(32-17)7-8-20(29)30)31-11-18-13(2)27-22(33-18)14-3-5-15(6-4-14)23(24,25)26/h3-6,9-10H,7-8,11H2,1-2H3,(H,29,30). The van der Waals surface area contributed by atoms with Crippen LogP contribution in [0.25, 0.3) is 21.7 Å². The second-order valence-corrected chi connectivity index (χ2v) is 8.56. The molecule has 1 N–H and O–H groups in total. The molecule has 0 aliphatic heterocycles. The molecule has 6 nitrogen and oxygen atoms in total. The van der Waals surface area contributed by atoms with Crippen LogP contribution < -0.4 is 4.74 Å². The summed E-state index contributed by atoms with van der Waals surface area (Å²) in [7, 11) is 0. The number of benzene rings is 2. The van der Waals surface area contributed by atoms with Gasteiger partial charge in [-0.1, -0.05) is 12.1 Å². The van der Waals surface area contributed by atoms with Crippen LogP contribution in [0.1, 0.15) is 34.0 Å². The summed E-state index contributed by atoms with van der Waals surface area (Å²) in [5.41, 5.74) is 2.64. The first-order valence-electron chi connectivity index (χ1n) is 9.99. The van der Waals surface area contributed by atoms with E-state index in [-0.39, 0.29) is 19.4 Å². The van der Waals surface area contributed by atoms with E-state index < -0.39 is 17.7 Å². The summed E-state index contributed by atoms with van der Waals surface area (Å²) in [4.78, 5) is 20.4. The van der Waals surface area contributed by atoms with Gasteiger partial charge in [-0.2, -0.15) is 13.2 Å². The number of aliphatic carboxylic acids is 1. The Morgan fingerprint density at radius 2 is 1.88 bits per heavy atom. The number of thiazole rings is 1. The number of aryl methyl sites for hydroxylation is 3. The van der Waals surface area contributed by atoms with Crippen molar-refractivity contribution in [1.82, 2.24) is 9.97 Å². The molecule has 0 spiro atoms. The van der Waals surface area contributed by atoms with Gasteiger partial charge in [0.1, 0.15) is 22.9 Å². The number of aromatic nitrogens is 2. The average molecular weight is 476 g/mol. The van der Waals surface area contributed by atoms with Crippen molar-refractivity contribution in [3.8, 4) is 16.3 Å². The SMILES string of the molecule is Cc1nc(-c2ccc(C(F)(F)F)cc2)sc1COc1cc(C)c2nc(CCC(=O)O)oc2c1. The molecule has 2 heterocycles. The fourth-order valence-corrected chi connectivity index (χ4v) is 4.23. The highest BCUT2D eigenvalue weighted by Gasteiger charge is 2.30. The van der Waals surface area contributed by atoms with Crippen molar-refractivity contribution in [3.63, 3.8) is 0 Å². The number of hydrogen-bond acceptors (Lipinski definition) is 6. The molecular formula is C23H19F3N2O4S. The predicted molar refractivity (Wildman–Crippen MR) is 116 cm³/mol. The van der Waals surface area contributed by atoms with Gasteiger partial charge in [0.05, 0.1) is 22.6 Å². The molecule has 4 aromatic rings. The highest BCUT2D eigenvalue weighted by molar-refractivity contribution is 7.15. The number of halogens is 3. The Balaban J connectivity index is 1.49. The van der Waals surface area contributed by atoms with Crippen molar-refractivity contribution in [3.05, 3.63) is 64.0 Å². The lowest BCUT2D eigenvalue weighted by Gasteiger charge is -2.06. The first-order valence-corrected chi connectivity index (χ1v) is 10.8. The molecule has 0 saturated carbocycles. The Kier molecular flexibility index (Phi) is 6.11. The molecule has 2 aromatic carbocycles. The number of carboxylic acids is 1. The van der Waals surface area contributed by atoms with Gasteiger partial charge < -0.3 is 14.3 Å². The van der Waals surface area contributed by atoms with Gasteiger partial charge in [0.15, 0.2) is 11.5 Å². The Morgan fingerprint density at radius 1 is 1.15 bits per heavy atom. The Morgan fingerprint density at radius 3 is 2.55 bits per heavy atom. The van der Waals surface area contributed by atoms with Gasteiger partial charge in [0, 0.05) is 18.1 Å². The summed E-state index contributed by atoms with van der Waals surface area (Å²) < 4.78 is 49.9. The van der Waals surface area contributed by atoms with E-state index >= 15 is 0 Å². The van der Waals surface area contributed by atoms with E-state index in [2.05, 4.69) is 9.97 Å². The van der Waals surface area contributed by atoms with Gasteiger partial charge in [-0.15, -0.1) is 11.3 Å². The number of oxazole rings is 1. The highest BCUT2D eigenvalue weighted by atomic mass is 32.1. The van der Waals surface area contributed by atoms with Gasteiger partial charge in [-0.05, 0) is 37.6 Å².